The Hall–Kier alpha value is -1.92. The summed E-state index contributed by atoms with van der Waals surface area (Å²) in [5, 5.41) is 1.47. The highest BCUT2D eigenvalue weighted by atomic mass is 31.1. The second kappa shape index (κ2) is 5.04. The van der Waals surface area contributed by atoms with Gasteiger partial charge in [0.15, 0.2) is 0 Å². The molecule has 2 aromatic carbocycles. The van der Waals surface area contributed by atoms with Crippen molar-refractivity contribution in [1.29, 1.82) is 0 Å². The number of hydrogen-bond donors (Lipinski definition) is 0. The molecule has 1 aromatic heterocycles. The van der Waals surface area contributed by atoms with Gasteiger partial charge in [-0.1, -0.05) is 54.6 Å². The van der Waals surface area contributed by atoms with Crippen LogP contribution in [-0.2, 0) is 5.16 Å². The summed E-state index contributed by atoms with van der Waals surface area (Å²) in [6, 6.07) is 19.7. The van der Waals surface area contributed by atoms with Crippen molar-refractivity contribution >= 4 is 13.4 Å². The standard InChI is InChI=1S/C20H21N2P/c1-14-15(2)22-19(21-14)17-12-8-9-13-18(17)20(3,4)23(22)16-10-6-5-7-11-16/h5-13H,1-4H3. The van der Waals surface area contributed by atoms with Gasteiger partial charge in [-0.15, -0.1) is 0 Å². The molecule has 1 atom stereocenters. The van der Waals surface area contributed by atoms with Crippen molar-refractivity contribution in [2.24, 2.45) is 0 Å². The van der Waals surface area contributed by atoms with Gasteiger partial charge in [0.25, 0.3) is 0 Å². The first-order chi connectivity index (χ1) is 11.0. The Morgan fingerprint density at radius 3 is 2.30 bits per heavy atom. The fraction of sp³-hybridized carbons (Fsp3) is 0.250. The molecule has 0 aliphatic carbocycles. The first kappa shape index (κ1) is 14.7. The molecule has 2 nitrogen and oxygen atoms in total. The Kier molecular flexibility index (Phi) is 3.21. The molecule has 0 saturated carbocycles. The van der Waals surface area contributed by atoms with E-state index in [0.29, 0.717) is 0 Å². The highest BCUT2D eigenvalue weighted by molar-refractivity contribution is 7.65. The molecule has 1 unspecified atom stereocenters. The maximum absolute atomic E-state index is 4.91. The van der Waals surface area contributed by atoms with Crippen molar-refractivity contribution in [3.63, 3.8) is 0 Å². The molecule has 2 heterocycles. The quantitative estimate of drug-likeness (QED) is 0.578. The zero-order valence-corrected chi connectivity index (χ0v) is 14.9. The van der Waals surface area contributed by atoms with Gasteiger partial charge in [-0.25, -0.2) is 4.98 Å². The minimum absolute atomic E-state index is 0.0676. The van der Waals surface area contributed by atoms with E-state index in [1.807, 2.05) is 0 Å². The van der Waals surface area contributed by atoms with Crippen LogP contribution in [-0.4, -0.2) is 9.32 Å². The fourth-order valence-corrected chi connectivity index (χ4v) is 6.64. The highest BCUT2D eigenvalue weighted by Gasteiger charge is 2.42. The van der Waals surface area contributed by atoms with Crippen LogP contribution in [0.15, 0.2) is 54.6 Å². The van der Waals surface area contributed by atoms with Crippen LogP contribution in [0.4, 0.5) is 0 Å². The molecule has 4 rings (SSSR count). The van der Waals surface area contributed by atoms with Crippen molar-refractivity contribution in [1.82, 2.24) is 9.32 Å². The average molecular weight is 320 g/mol. The van der Waals surface area contributed by atoms with Gasteiger partial charge >= 0.3 is 0 Å². The van der Waals surface area contributed by atoms with E-state index in [2.05, 4.69) is 86.6 Å². The molecule has 23 heavy (non-hydrogen) atoms. The number of rotatable bonds is 1. The maximum Gasteiger partial charge on any atom is 0.144 e. The van der Waals surface area contributed by atoms with E-state index >= 15 is 0 Å². The van der Waals surface area contributed by atoms with Crippen LogP contribution in [0.2, 0.25) is 0 Å². The molecule has 3 aromatic rings. The Bertz CT molecular complexity index is 878. The van der Waals surface area contributed by atoms with Crippen molar-refractivity contribution in [2.75, 3.05) is 0 Å². The second-order valence-corrected chi connectivity index (χ2v) is 9.33. The van der Waals surface area contributed by atoms with Crippen LogP contribution in [0.3, 0.4) is 0 Å². The molecular formula is C20H21N2P. The lowest BCUT2D eigenvalue weighted by Gasteiger charge is -2.42. The molecule has 0 fully saturated rings. The number of aryl methyl sites for hydroxylation is 1. The predicted octanol–water partition coefficient (Wildman–Crippen LogP) is 4.99. The Morgan fingerprint density at radius 2 is 1.57 bits per heavy atom. The summed E-state index contributed by atoms with van der Waals surface area (Å²) < 4.78 is 2.50. The zero-order valence-electron chi connectivity index (χ0n) is 14.0. The summed E-state index contributed by atoms with van der Waals surface area (Å²) in [6.07, 6.45) is 0. The molecule has 0 spiro atoms. The van der Waals surface area contributed by atoms with Gasteiger partial charge in [-0.05, 0) is 38.6 Å². The Morgan fingerprint density at radius 1 is 0.913 bits per heavy atom. The van der Waals surface area contributed by atoms with Gasteiger partial charge in [0.2, 0.25) is 0 Å². The van der Waals surface area contributed by atoms with Crippen molar-refractivity contribution < 1.29 is 0 Å². The van der Waals surface area contributed by atoms with Gasteiger partial charge in [-0.2, -0.15) is 0 Å². The molecule has 0 bridgehead atoms. The summed E-state index contributed by atoms with van der Waals surface area (Å²) in [5.41, 5.74) is 5.12. The lowest BCUT2D eigenvalue weighted by atomic mass is 9.95. The number of benzene rings is 2. The monoisotopic (exact) mass is 320 g/mol. The number of aromatic nitrogens is 2. The topological polar surface area (TPSA) is 17.8 Å². The maximum atomic E-state index is 4.91. The van der Waals surface area contributed by atoms with E-state index in [0.717, 1.165) is 11.5 Å². The third kappa shape index (κ3) is 2.01. The van der Waals surface area contributed by atoms with Gasteiger partial charge in [0.05, 0.1) is 5.69 Å². The van der Waals surface area contributed by atoms with Crippen LogP contribution in [0, 0.1) is 13.8 Å². The third-order valence-electron chi connectivity index (χ3n) is 4.87. The van der Waals surface area contributed by atoms with Crippen LogP contribution >= 0.6 is 8.07 Å². The molecular weight excluding hydrogens is 299 g/mol. The third-order valence-corrected chi connectivity index (χ3v) is 7.85. The Balaban J connectivity index is 2.09. The summed E-state index contributed by atoms with van der Waals surface area (Å²) in [6.45, 7) is 9.08. The van der Waals surface area contributed by atoms with E-state index in [1.54, 1.807) is 0 Å². The molecule has 0 saturated heterocycles. The van der Waals surface area contributed by atoms with E-state index in [1.165, 1.54) is 22.1 Å². The molecule has 0 radical (unpaired) electrons. The van der Waals surface area contributed by atoms with E-state index in [4.69, 9.17) is 4.98 Å². The molecule has 116 valence electrons. The van der Waals surface area contributed by atoms with Crippen LogP contribution < -0.4 is 5.30 Å². The largest absolute Gasteiger partial charge is 0.301 e. The summed E-state index contributed by atoms with van der Waals surface area (Å²) in [7, 11) is -0.558. The lowest BCUT2D eigenvalue weighted by molar-refractivity contribution is 0.745. The number of imidazole rings is 1. The highest BCUT2D eigenvalue weighted by Crippen LogP contribution is 2.62. The minimum Gasteiger partial charge on any atom is -0.301 e. The zero-order chi connectivity index (χ0) is 16.2. The Labute approximate surface area is 139 Å². The van der Waals surface area contributed by atoms with Gasteiger partial charge < -0.3 is 4.34 Å². The second-order valence-electron chi connectivity index (χ2n) is 6.67. The predicted molar refractivity (Wildman–Crippen MR) is 98.6 cm³/mol. The van der Waals surface area contributed by atoms with E-state index in [9.17, 15) is 0 Å². The van der Waals surface area contributed by atoms with Crippen LogP contribution in [0.1, 0.15) is 30.8 Å². The lowest BCUT2D eigenvalue weighted by Crippen LogP contribution is -2.29. The summed E-state index contributed by atoms with van der Waals surface area (Å²) >= 11 is 0. The van der Waals surface area contributed by atoms with E-state index in [-0.39, 0.29) is 5.16 Å². The van der Waals surface area contributed by atoms with Crippen LogP contribution in [0.25, 0.3) is 11.4 Å². The summed E-state index contributed by atoms with van der Waals surface area (Å²) in [5.74, 6) is 1.13. The van der Waals surface area contributed by atoms with Crippen LogP contribution in [0.5, 0.6) is 0 Å². The van der Waals surface area contributed by atoms with Gasteiger partial charge in [0, 0.05) is 24.5 Å². The molecule has 0 N–H and O–H groups in total. The first-order valence-electron chi connectivity index (χ1n) is 8.03. The fourth-order valence-electron chi connectivity index (χ4n) is 3.60. The number of nitrogens with zero attached hydrogens (tertiary/aromatic N) is 2. The normalized spacial score (nSPS) is 18.3. The molecule has 3 heteroatoms. The van der Waals surface area contributed by atoms with Crippen molar-refractivity contribution in [3.8, 4) is 11.4 Å². The minimum atomic E-state index is -0.558. The molecule has 1 aliphatic heterocycles. The first-order valence-corrected chi connectivity index (χ1v) is 9.32. The molecule has 1 aliphatic rings. The van der Waals surface area contributed by atoms with Crippen molar-refractivity contribution in [3.05, 3.63) is 71.5 Å². The van der Waals surface area contributed by atoms with Crippen molar-refractivity contribution in [2.45, 2.75) is 32.9 Å². The SMILES string of the molecule is Cc1nc2n(c1C)P(c1ccccc1)C(C)(C)c1ccccc1-2. The smallest absolute Gasteiger partial charge is 0.144 e. The van der Waals surface area contributed by atoms with E-state index < -0.39 is 8.07 Å². The van der Waals surface area contributed by atoms with Gasteiger partial charge in [0.1, 0.15) is 5.82 Å². The number of fused-ring (bicyclic) bond motifs is 3. The van der Waals surface area contributed by atoms with Gasteiger partial charge in [-0.3, -0.25) is 0 Å². The summed E-state index contributed by atoms with van der Waals surface area (Å²) in [4.78, 5) is 4.91. The average Bonchev–Trinajstić information content (AvgIpc) is 2.84. The molecule has 0 amide bonds. The number of hydrogen-bond acceptors (Lipinski definition) is 1.